The van der Waals surface area contributed by atoms with Gasteiger partial charge in [0, 0.05) is 12.1 Å². The number of hydrogen-bond acceptors (Lipinski definition) is 3. The summed E-state index contributed by atoms with van der Waals surface area (Å²) in [5, 5.41) is 3.48. The van der Waals surface area contributed by atoms with Crippen LogP contribution in [0.4, 0.5) is 0 Å². The van der Waals surface area contributed by atoms with Gasteiger partial charge in [-0.1, -0.05) is 12.2 Å². The average molecular weight is 229 g/mol. The minimum atomic E-state index is -2.76. The van der Waals surface area contributed by atoms with Crippen LogP contribution in [0.25, 0.3) is 0 Å². The van der Waals surface area contributed by atoms with E-state index in [1.54, 1.807) is 0 Å². The molecule has 0 aromatic carbocycles. The van der Waals surface area contributed by atoms with Gasteiger partial charge in [0.05, 0.1) is 11.5 Å². The van der Waals surface area contributed by atoms with Gasteiger partial charge in [-0.15, -0.1) is 0 Å². The van der Waals surface area contributed by atoms with Gasteiger partial charge in [-0.05, 0) is 32.1 Å². The van der Waals surface area contributed by atoms with E-state index in [0.29, 0.717) is 17.5 Å². The van der Waals surface area contributed by atoms with Gasteiger partial charge in [-0.2, -0.15) is 0 Å². The van der Waals surface area contributed by atoms with Gasteiger partial charge in [0.1, 0.15) is 0 Å². The Kier molecular flexibility index (Phi) is 3.46. The van der Waals surface area contributed by atoms with Gasteiger partial charge in [0.15, 0.2) is 9.84 Å². The van der Waals surface area contributed by atoms with E-state index < -0.39 is 9.84 Å². The Labute approximate surface area is 91.9 Å². The Morgan fingerprint density at radius 2 is 2.00 bits per heavy atom. The van der Waals surface area contributed by atoms with Crippen molar-refractivity contribution in [2.75, 3.05) is 11.5 Å². The maximum Gasteiger partial charge on any atom is 0.151 e. The van der Waals surface area contributed by atoms with E-state index in [-0.39, 0.29) is 6.04 Å². The first-order valence-corrected chi connectivity index (χ1v) is 7.59. The number of rotatable bonds is 2. The van der Waals surface area contributed by atoms with Crippen molar-refractivity contribution in [2.45, 2.75) is 44.2 Å². The van der Waals surface area contributed by atoms with Crippen molar-refractivity contribution < 1.29 is 8.42 Å². The predicted molar refractivity (Wildman–Crippen MR) is 61.6 cm³/mol. The highest BCUT2D eigenvalue weighted by Crippen LogP contribution is 2.16. The molecule has 0 bridgehead atoms. The van der Waals surface area contributed by atoms with E-state index in [4.69, 9.17) is 0 Å². The third kappa shape index (κ3) is 3.31. The van der Waals surface area contributed by atoms with Crippen LogP contribution in [0.5, 0.6) is 0 Å². The lowest BCUT2D eigenvalue weighted by Crippen LogP contribution is -2.45. The molecule has 2 aliphatic rings. The van der Waals surface area contributed by atoms with Crippen molar-refractivity contribution in [3.8, 4) is 0 Å². The summed E-state index contributed by atoms with van der Waals surface area (Å²) in [6.07, 6.45) is 9.55. The van der Waals surface area contributed by atoms with Crippen LogP contribution in [-0.4, -0.2) is 32.0 Å². The molecule has 0 aromatic rings. The molecule has 2 unspecified atom stereocenters. The third-order valence-electron chi connectivity index (χ3n) is 3.20. The monoisotopic (exact) mass is 229 g/mol. The van der Waals surface area contributed by atoms with Crippen LogP contribution in [0.15, 0.2) is 12.2 Å². The minimum absolute atomic E-state index is 0.195. The van der Waals surface area contributed by atoms with Crippen LogP contribution in [-0.2, 0) is 9.84 Å². The molecule has 0 amide bonds. The fourth-order valence-corrected chi connectivity index (χ4v) is 4.08. The molecule has 0 radical (unpaired) electrons. The second-order valence-electron chi connectivity index (χ2n) is 4.60. The molecule has 0 aromatic heterocycles. The van der Waals surface area contributed by atoms with Crippen molar-refractivity contribution in [3.05, 3.63) is 12.2 Å². The highest BCUT2D eigenvalue weighted by atomic mass is 32.2. The Bertz CT molecular complexity index is 334. The molecule has 15 heavy (non-hydrogen) atoms. The first kappa shape index (κ1) is 11.1. The molecule has 1 saturated heterocycles. The zero-order valence-corrected chi connectivity index (χ0v) is 9.80. The molecule has 0 spiro atoms. The lowest BCUT2D eigenvalue weighted by Gasteiger charge is -2.29. The van der Waals surface area contributed by atoms with Crippen LogP contribution >= 0.6 is 0 Å². The lowest BCUT2D eigenvalue weighted by atomic mass is 10.0. The molecule has 3 nitrogen and oxygen atoms in total. The Morgan fingerprint density at radius 1 is 1.13 bits per heavy atom. The zero-order chi connectivity index (χ0) is 10.7. The SMILES string of the molecule is O=S1(=O)CCCC(NC2CC=CCC2)C1. The number of sulfone groups is 1. The van der Waals surface area contributed by atoms with Crippen molar-refractivity contribution in [1.82, 2.24) is 5.32 Å². The number of hydrogen-bond donors (Lipinski definition) is 1. The summed E-state index contributed by atoms with van der Waals surface area (Å²) in [6.45, 7) is 0. The second-order valence-corrected chi connectivity index (χ2v) is 6.83. The van der Waals surface area contributed by atoms with Crippen LogP contribution in [0, 0.1) is 0 Å². The van der Waals surface area contributed by atoms with E-state index in [2.05, 4.69) is 17.5 Å². The molecule has 1 aliphatic carbocycles. The minimum Gasteiger partial charge on any atom is -0.310 e. The summed E-state index contributed by atoms with van der Waals surface area (Å²) >= 11 is 0. The summed E-state index contributed by atoms with van der Waals surface area (Å²) in [6, 6.07) is 0.688. The van der Waals surface area contributed by atoms with Crippen molar-refractivity contribution >= 4 is 9.84 Å². The maximum absolute atomic E-state index is 11.4. The fourth-order valence-electron chi connectivity index (χ4n) is 2.43. The number of nitrogens with one attached hydrogen (secondary N) is 1. The topological polar surface area (TPSA) is 46.2 Å². The Hall–Kier alpha value is -0.350. The van der Waals surface area contributed by atoms with Gasteiger partial charge in [0.2, 0.25) is 0 Å². The van der Waals surface area contributed by atoms with Gasteiger partial charge in [0.25, 0.3) is 0 Å². The molecule has 1 fully saturated rings. The average Bonchev–Trinajstić information content (AvgIpc) is 2.17. The van der Waals surface area contributed by atoms with Crippen molar-refractivity contribution in [2.24, 2.45) is 0 Å². The standard InChI is InChI=1S/C11H19NO2S/c13-15(14)8-4-7-11(9-15)12-10-5-2-1-3-6-10/h1-2,10-12H,3-9H2. The molecule has 1 N–H and O–H groups in total. The quantitative estimate of drug-likeness (QED) is 0.725. The first-order chi connectivity index (χ1) is 7.16. The summed E-state index contributed by atoms with van der Waals surface area (Å²) in [4.78, 5) is 0. The van der Waals surface area contributed by atoms with Crippen LogP contribution in [0.3, 0.4) is 0 Å². The third-order valence-corrected chi connectivity index (χ3v) is 5.02. The van der Waals surface area contributed by atoms with Crippen molar-refractivity contribution in [1.29, 1.82) is 0 Å². The summed E-state index contributed by atoms with van der Waals surface area (Å²) in [5.41, 5.74) is 0. The molecule has 2 rings (SSSR count). The van der Waals surface area contributed by atoms with Gasteiger partial charge >= 0.3 is 0 Å². The lowest BCUT2D eigenvalue weighted by molar-refractivity contribution is 0.394. The van der Waals surface area contributed by atoms with Crippen molar-refractivity contribution in [3.63, 3.8) is 0 Å². The van der Waals surface area contributed by atoms with E-state index in [1.807, 2.05) is 0 Å². The summed E-state index contributed by atoms with van der Waals surface area (Å²) in [5.74, 6) is 0.725. The zero-order valence-electron chi connectivity index (χ0n) is 8.98. The molecule has 0 saturated carbocycles. The highest BCUT2D eigenvalue weighted by Gasteiger charge is 2.26. The molecule has 2 atom stereocenters. The molecule has 4 heteroatoms. The fraction of sp³-hybridized carbons (Fsp3) is 0.818. The Morgan fingerprint density at radius 3 is 2.67 bits per heavy atom. The van der Waals surface area contributed by atoms with E-state index >= 15 is 0 Å². The second kappa shape index (κ2) is 4.66. The number of allylic oxidation sites excluding steroid dienone is 1. The molecule has 86 valence electrons. The van der Waals surface area contributed by atoms with E-state index in [1.165, 1.54) is 0 Å². The smallest absolute Gasteiger partial charge is 0.151 e. The highest BCUT2D eigenvalue weighted by molar-refractivity contribution is 7.91. The van der Waals surface area contributed by atoms with Crippen LogP contribution in [0.1, 0.15) is 32.1 Å². The van der Waals surface area contributed by atoms with Crippen LogP contribution in [0.2, 0.25) is 0 Å². The maximum atomic E-state index is 11.4. The summed E-state index contributed by atoms with van der Waals surface area (Å²) in [7, 11) is -2.76. The van der Waals surface area contributed by atoms with Gasteiger partial charge < -0.3 is 5.32 Å². The molecular formula is C11H19NO2S. The molecule has 1 aliphatic heterocycles. The van der Waals surface area contributed by atoms with E-state index in [9.17, 15) is 8.42 Å². The molecular weight excluding hydrogens is 210 g/mol. The Balaban J connectivity index is 1.86. The van der Waals surface area contributed by atoms with E-state index in [0.717, 1.165) is 32.1 Å². The molecule has 1 heterocycles. The predicted octanol–water partition coefficient (Wildman–Crippen LogP) is 1.26. The van der Waals surface area contributed by atoms with Gasteiger partial charge in [-0.25, -0.2) is 8.42 Å². The van der Waals surface area contributed by atoms with Gasteiger partial charge in [-0.3, -0.25) is 0 Å². The van der Waals surface area contributed by atoms with Crippen LogP contribution < -0.4 is 5.32 Å². The first-order valence-electron chi connectivity index (χ1n) is 5.77. The normalized spacial score (nSPS) is 35.2. The largest absolute Gasteiger partial charge is 0.310 e. The summed E-state index contributed by atoms with van der Waals surface area (Å²) < 4.78 is 22.9.